The normalized spacial score (nSPS) is 15.6. The third-order valence-corrected chi connectivity index (χ3v) is 2.36. The van der Waals surface area contributed by atoms with Crippen molar-refractivity contribution in [3.8, 4) is 6.07 Å². The molecule has 0 saturated carbocycles. The van der Waals surface area contributed by atoms with Gasteiger partial charge in [-0.05, 0) is 33.7 Å². The molecule has 0 rings (SSSR count). The van der Waals surface area contributed by atoms with Gasteiger partial charge in [-0.25, -0.2) is 0 Å². The maximum absolute atomic E-state index is 10.8. The maximum Gasteiger partial charge on any atom is 0.123 e. The van der Waals surface area contributed by atoms with Crippen LogP contribution in [0.3, 0.4) is 0 Å². The average Bonchev–Trinajstić information content (AvgIpc) is 2.16. The molecule has 0 amide bonds. The zero-order chi connectivity index (χ0) is 11.2. The van der Waals surface area contributed by atoms with Crippen molar-refractivity contribution in [2.75, 3.05) is 7.05 Å². The molecule has 2 unspecified atom stereocenters. The highest BCUT2D eigenvalue weighted by atomic mass is 16.1. The van der Waals surface area contributed by atoms with E-state index in [0.29, 0.717) is 12.8 Å². The number of carbonyl (C=O) groups excluding carboxylic acids is 1. The van der Waals surface area contributed by atoms with E-state index in [0.717, 1.165) is 6.29 Å². The molecular weight excluding hydrogens is 178 g/mol. The van der Waals surface area contributed by atoms with Crippen LogP contribution >= 0.6 is 0 Å². The molecule has 0 spiro atoms. The van der Waals surface area contributed by atoms with E-state index < -0.39 is 6.04 Å². The molecule has 0 saturated heterocycles. The first-order chi connectivity index (χ1) is 6.45. The number of nitriles is 1. The molecule has 0 aliphatic rings. The summed E-state index contributed by atoms with van der Waals surface area (Å²) in [6.07, 6.45) is 2.02. The number of carbonyl (C=O) groups is 1. The number of hydrogen-bond donors (Lipinski definition) is 2. The molecule has 0 aromatic rings. The lowest BCUT2D eigenvalue weighted by molar-refractivity contribution is -0.111. The Morgan fingerprint density at radius 2 is 2.21 bits per heavy atom. The van der Waals surface area contributed by atoms with Crippen LogP contribution in [0.2, 0.25) is 0 Å². The number of hydrogen-bond acceptors (Lipinski definition) is 4. The van der Waals surface area contributed by atoms with Gasteiger partial charge in [0.1, 0.15) is 6.29 Å². The Balaban J connectivity index is 4.17. The molecule has 0 radical (unpaired) electrons. The van der Waals surface area contributed by atoms with Gasteiger partial charge in [-0.3, -0.25) is 0 Å². The first-order valence-electron chi connectivity index (χ1n) is 4.74. The second-order valence-electron chi connectivity index (χ2n) is 4.21. The summed E-state index contributed by atoms with van der Waals surface area (Å²) >= 11 is 0. The van der Waals surface area contributed by atoms with Gasteiger partial charge in [-0.2, -0.15) is 5.26 Å². The molecule has 0 aromatic heterocycles. The zero-order valence-electron chi connectivity index (χ0n) is 9.08. The van der Waals surface area contributed by atoms with Crippen LogP contribution in [0.1, 0.15) is 26.7 Å². The number of nitrogens with two attached hydrogens (primary N) is 1. The third kappa shape index (κ3) is 4.95. The molecule has 0 fully saturated rings. The third-order valence-electron chi connectivity index (χ3n) is 2.36. The lowest BCUT2D eigenvalue weighted by Crippen LogP contribution is -2.39. The second kappa shape index (κ2) is 5.74. The summed E-state index contributed by atoms with van der Waals surface area (Å²) in [4.78, 5) is 10.8. The van der Waals surface area contributed by atoms with Crippen LogP contribution in [0.4, 0.5) is 0 Å². The largest absolute Gasteiger partial charge is 0.316 e. The van der Waals surface area contributed by atoms with Gasteiger partial charge in [0.2, 0.25) is 0 Å². The molecule has 3 N–H and O–H groups in total. The van der Waals surface area contributed by atoms with E-state index in [4.69, 9.17) is 11.0 Å². The Kier molecular flexibility index (Phi) is 5.36. The van der Waals surface area contributed by atoms with E-state index in [9.17, 15) is 4.79 Å². The minimum absolute atomic E-state index is 0.0965. The van der Waals surface area contributed by atoms with Crippen LogP contribution in [0, 0.1) is 17.2 Å². The molecule has 0 aliphatic carbocycles. The summed E-state index contributed by atoms with van der Waals surface area (Å²) in [5.41, 5.74) is 5.37. The van der Waals surface area contributed by atoms with Gasteiger partial charge in [-0.15, -0.1) is 0 Å². The van der Waals surface area contributed by atoms with Crippen LogP contribution in [-0.2, 0) is 4.79 Å². The quantitative estimate of drug-likeness (QED) is 0.605. The summed E-state index contributed by atoms with van der Waals surface area (Å²) in [7, 11) is 1.85. The van der Waals surface area contributed by atoms with Crippen LogP contribution in [0.25, 0.3) is 0 Å². The predicted molar refractivity (Wildman–Crippen MR) is 55.5 cm³/mol. The number of rotatable bonds is 6. The van der Waals surface area contributed by atoms with Crippen molar-refractivity contribution in [1.29, 1.82) is 5.26 Å². The van der Waals surface area contributed by atoms with Gasteiger partial charge < -0.3 is 15.8 Å². The minimum atomic E-state index is -0.544. The Bertz CT molecular complexity index is 220. The number of nitrogens with zero attached hydrogens (tertiary/aromatic N) is 1. The fourth-order valence-corrected chi connectivity index (χ4v) is 1.32. The van der Waals surface area contributed by atoms with E-state index in [2.05, 4.69) is 5.32 Å². The van der Waals surface area contributed by atoms with E-state index in [1.165, 1.54) is 0 Å². The molecule has 0 heterocycles. The SMILES string of the molecule is CNC(C)(C)CC(C=O)CC(N)C#N. The standard InChI is InChI=1S/C10H19N3O/c1-10(2,13-3)5-8(7-14)4-9(12)6-11/h7-9,13H,4-5,12H2,1-3H3. The molecule has 4 heteroatoms. The Morgan fingerprint density at radius 1 is 1.64 bits per heavy atom. The fraction of sp³-hybridized carbons (Fsp3) is 0.800. The first kappa shape index (κ1) is 13.1. The van der Waals surface area contributed by atoms with Gasteiger partial charge >= 0.3 is 0 Å². The molecule has 4 nitrogen and oxygen atoms in total. The summed E-state index contributed by atoms with van der Waals surface area (Å²) in [6, 6.07) is 1.39. The van der Waals surface area contributed by atoms with Gasteiger partial charge in [0, 0.05) is 11.5 Å². The molecule has 2 atom stereocenters. The van der Waals surface area contributed by atoms with Crippen molar-refractivity contribution >= 4 is 6.29 Å². The summed E-state index contributed by atoms with van der Waals surface area (Å²) in [5.74, 6) is -0.146. The van der Waals surface area contributed by atoms with E-state index in [1.807, 2.05) is 27.0 Å². The Morgan fingerprint density at radius 3 is 2.57 bits per heavy atom. The van der Waals surface area contributed by atoms with E-state index in [1.54, 1.807) is 0 Å². The number of aldehydes is 1. The fourth-order valence-electron chi connectivity index (χ4n) is 1.32. The summed E-state index contributed by atoms with van der Waals surface area (Å²) in [6.45, 7) is 4.03. The maximum atomic E-state index is 10.8. The molecule has 80 valence electrons. The van der Waals surface area contributed by atoms with Gasteiger partial charge in [0.25, 0.3) is 0 Å². The molecular formula is C10H19N3O. The molecule has 14 heavy (non-hydrogen) atoms. The first-order valence-corrected chi connectivity index (χ1v) is 4.74. The van der Waals surface area contributed by atoms with Gasteiger partial charge in [-0.1, -0.05) is 0 Å². The van der Waals surface area contributed by atoms with Crippen LogP contribution < -0.4 is 11.1 Å². The van der Waals surface area contributed by atoms with Crippen molar-refractivity contribution < 1.29 is 4.79 Å². The van der Waals surface area contributed by atoms with Crippen molar-refractivity contribution in [1.82, 2.24) is 5.32 Å². The van der Waals surface area contributed by atoms with Crippen LogP contribution in [0.5, 0.6) is 0 Å². The summed E-state index contributed by atoms with van der Waals surface area (Å²) < 4.78 is 0. The van der Waals surface area contributed by atoms with Crippen molar-refractivity contribution in [3.05, 3.63) is 0 Å². The van der Waals surface area contributed by atoms with E-state index >= 15 is 0 Å². The molecule has 0 bridgehead atoms. The minimum Gasteiger partial charge on any atom is -0.316 e. The number of nitrogens with one attached hydrogen (secondary N) is 1. The van der Waals surface area contributed by atoms with Crippen molar-refractivity contribution in [3.63, 3.8) is 0 Å². The lowest BCUT2D eigenvalue weighted by Gasteiger charge is -2.27. The predicted octanol–water partition coefficient (Wildman–Crippen LogP) is 0.431. The smallest absolute Gasteiger partial charge is 0.123 e. The average molecular weight is 197 g/mol. The highest BCUT2D eigenvalue weighted by Gasteiger charge is 2.22. The van der Waals surface area contributed by atoms with E-state index in [-0.39, 0.29) is 11.5 Å². The molecule has 0 aliphatic heterocycles. The highest BCUT2D eigenvalue weighted by Crippen LogP contribution is 2.17. The Labute approximate surface area is 85.5 Å². The summed E-state index contributed by atoms with van der Waals surface area (Å²) in [5, 5.41) is 11.6. The van der Waals surface area contributed by atoms with Crippen LogP contribution in [-0.4, -0.2) is 24.9 Å². The topological polar surface area (TPSA) is 78.9 Å². The monoisotopic (exact) mass is 197 g/mol. The highest BCUT2D eigenvalue weighted by molar-refractivity contribution is 5.54. The van der Waals surface area contributed by atoms with Gasteiger partial charge in [0.05, 0.1) is 12.1 Å². The zero-order valence-corrected chi connectivity index (χ0v) is 9.08. The van der Waals surface area contributed by atoms with Crippen molar-refractivity contribution in [2.45, 2.75) is 38.3 Å². The Hall–Kier alpha value is -0.920. The lowest BCUT2D eigenvalue weighted by atomic mass is 9.88. The second-order valence-corrected chi connectivity index (χ2v) is 4.21. The van der Waals surface area contributed by atoms with Crippen LogP contribution in [0.15, 0.2) is 0 Å². The van der Waals surface area contributed by atoms with Crippen molar-refractivity contribution in [2.24, 2.45) is 11.7 Å². The molecule has 0 aromatic carbocycles. The van der Waals surface area contributed by atoms with Gasteiger partial charge in [0.15, 0.2) is 0 Å².